The van der Waals surface area contributed by atoms with Gasteiger partial charge in [0.15, 0.2) is 5.58 Å². The number of benzene rings is 4. The molecule has 0 radical (unpaired) electrons. The molecule has 168 valence electrons. The lowest BCUT2D eigenvalue weighted by Gasteiger charge is -2.06. The van der Waals surface area contributed by atoms with E-state index in [1.54, 1.807) is 36.5 Å². The van der Waals surface area contributed by atoms with Crippen molar-refractivity contribution in [3.8, 4) is 17.2 Å². The molecule has 0 aliphatic rings. The normalized spacial score (nSPS) is 11.5. The molecule has 4 aromatic carbocycles. The third-order valence-corrected chi connectivity index (χ3v) is 6.54. The summed E-state index contributed by atoms with van der Waals surface area (Å²) in [5, 5.41) is 11.9. The average Bonchev–Trinajstić information content (AvgIpc) is 3.26. The van der Waals surface area contributed by atoms with Crippen LogP contribution in [0, 0.1) is 0 Å². The van der Waals surface area contributed by atoms with Crippen LogP contribution < -0.4 is 0 Å². The highest BCUT2D eigenvalue weighted by Crippen LogP contribution is 2.35. The van der Waals surface area contributed by atoms with Crippen LogP contribution in [0.15, 0.2) is 88.3 Å². The van der Waals surface area contributed by atoms with E-state index in [2.05, 4.69) is 9.98 Å². The maximum absolute atomic E-state index is 10.3. The average molecular weight is 508 g/mol. The molecule has 0 spiro atoms. The van der Waals surface area contributed by atoms with E-state index in [-0.39, 0.29) is 5.75 Å². The second-order valence-electron chi connectivity index (χ2n) is 7.69. The number of nitrogens with zero attached hydrogens (tertiary/aromatic N) is 2. The molecular weight excluding hydrogens is 491 g/mol. The summed E-state index contributed by atoms with van der Waals surface area (Å²) in [7, 11) is 0. The van der Waals surface area contributed by atoms with Crippen molar-refractivity contribution in [2.75, 3.05) is 0 Å². The Morgan fingerprint density at radius 1 is 0.882 bits per heavy atom. The number of hydrogen-bond donors (Lipinski definition) is 1. The van der Waals surface area contributed by atoms with E-state index in [1.165, 1.54) is 0 Å². The van der Waals surface area contributed by atoms with Gasteiger partial charge in [-0.05, 0) is 66.1 Å². The molecule has 0 fully saturated rings. The lowest BCUT2D eigenvalue weighted by Crippen LogP contribution is -1.92. The quantitative estimate of drug-likeness (QED) is 0.243. The van der Waals surface area contributed by atoms with Gasteiger partial charge in [-0.3, -0.25) is 4.99 Å². The Bertz CT molecular complexity index is 1540. The first kappa shape index (κ1) is 22.5. The third kappa shape index (κ3) is 4.66. The highest BCUT2D eigenvalue weighted by atomic mass is 35.5. The van der Waals surface area contributed by atoms with Gasteiger partial charge in [-0.2, -0.15) is 0 Å². The predicted octanol–water partition coefficient (Wildman–Crippen LogP) is 8.50. The van der Waals surface area contributed by atoms with E-state index in [4.69, 9.17) is 39.2 Å². The van der Waals surface area contributed by atoms with Crippen LogP contribution in [0.3, 0.4) is 0 Å². The Morgan fingerprint density at radius 3 is 2.56 bits per heavy atom. The molecule has 1 aromatic heterocycles. The molecule has 0 unspecified atom stereocenters. The zero-order chi connectivity index (χ0) is 23.7. The largest absolute Gasteiger partial charge is 0.507 e. The van der Waals surface area contributed by atoms with E-state index in [0.717, 1.165) is 11.1 Å². The standard InChI is InChI=1S/C27H17Cl3N2O2/c28-21-6-2-1-4-17(21)12-16-8-10-24(33)18(13-16)15-31-19-9-11-25-23(14-19)32-27(34-25)20-5-3-7-22(29)26(20)30/h1-11,13-15,33H,12H2. The minimum atomic E-state index is 0.145. The van der Waals surface area contributed by atoms with E-state index < -0.39 is 0 Å². The minimum absolute atomic E-state index is 0.145. The van der Waals surface area contributed by atoms with Gasteiger partial charge >= 0.3 is 0 Å². The monoisotopic (exact) mass is 506 g/mol. The fourth-order valence-corrected chi connectivity index (χ4v) is 4.19. The molecule has 1 N–H and O–H groups in total. The van der Waals surface area contributed by atoms with Crippen molar-refractivity contribution in [3.63, 3.8) is 0 Å². The summed E-state index contributed by atoms with van der Waals surface area (Å²) < 4.78 is 5.85. The zero-order valence-corrected chi connectivity index (χ0v) is 19.9. The van der Waals surface area contributed by atoms with E-state index in [9.17, 15) is 5.11 Å². The molecule has 0 saturated carbocycles. The Balaban J connectivity index is 1.42. The number of hydrogen-bond acceptors (Lipinski definition) is 4. The molecule has 0 saturated heterocycles. The Labute approximate surface area is 211 Å². The highest BCUT2D eigenvalue weighted by Gasteiger charge is 2.14. The number of rotatable bonds is 5. The topological polar surface area (TPSA) is 58.6 Å². The van der Waals surface area contributed by atoms with E-state index in [0.29, 0.717) is 55.3 Å². The minimum Gasteiger partial charge on any atom is -0.507 e. The number of halogens is 3. The number of aromatic nitrogens is 1. The van der Waals surface area contributed by atoms with E-state index in [1.807, 2.05) is 48.5 Å². The van der Waals surface area contributed by atoms with Gasteiger partial charge in [0.25, 0.3) is 0 Å². The summed E-state index contributed by atoms with van der Waals surface area (Å²) in [4.78, 5) is 9.07. The molecule has 0 aliphatic carbocycles. The number of oxazole rings is 1. The van der Waals surface area contributed by atoms with Gasteiger partial charge in [-0.1, -0.05) is 65.1 Å². The van der Waals surface area contributed by atoms with Crippen molar-refractivity contribution in [2.45, 2.75) is 6.42 Å². The third-order valence-electron chi connectivity index (χ3n) is 5.35. The highest BCUT2D eigenvalue weighted by molar-refractivity contribution is 6.43. The lowest BCUT2D eigenvalue weighted by molar-refractivity contribution is 0.474. The second-order valence-corrected chi connectivity index (χ2v) is 8.88. The number of aliphatic imine (C=N–C) groups is 1. The second kappa shape index (κ2) is 9.51. The molecular formula is C27H17Cl3N2O2. The maximum atomic E-state index is 10.3. The van der Waals surface area contributed by atoms with Crippen LogP contribution in [0.25, 0.3) is 22.6 Å². The summed E-state index contributed by atoms with van der Waals surface area (Å²) >= 11 is 18.7. The molecule has 5 rings (SSSR count). The predicted molar refractivity (Wildman–Crippen MR) is 139 cm³/mol. The van der Waals surface area contributed by atoms with Gasteiger partial charge in [-0.15, -0.1) is 0 Å². The fraction of sp³-hybridized carbons (Fsp3) is 0.0370. The van der Waals surface area contributed by atoms with E-state index >= 15 is 0 Å². The van der Waals surface area contributed by atoms with Crippen molar-refractivity contribution in [3.05, 3.63) is 111 Å². The number of phenols is 1. The molecule has 4 nitrogen and oxygen atoms in total. The number of phenolic OH excluding ortho intramolecular Hbond substituents is 1. The van der Waals surface area contributed by atoms with Crippen LogP contribution in [0.1, 0.15) is 16.7 Å². The van der Waals surface area contributed by atoms with Crippen molar-refractivity contribution in [1.82, 2.24) is 4.98 Å². The van der Waals surface area contributed by atoms with Gasteiger partial charge < -0.3 is 9.52 Å². The molecule has 1 heterocycles. The first-order chi connectivity index (χ1) is 16.5. The fourth-order valence-electron chi connectivity index (χ4n) is 3.60. The molecule has 0 atom stereocenters. The number of aromatic hydroxyl groups is 1. The molecule has 0 bridgehead atoms. The lowest BCUT2D eigenvalue weighted by atomic mass is 10.0. The molecule has 0 aliphatic heterocycles. The van der Waals surface area contributed by atoms with Gasteiger partial charge in [0.1, 0.15) is 11.3 Å². The van der Waals surface area contributed by atoms with Crippen molar-refractivity contribution in [1.29, 1.82) is 0 Å². The summed E-state index contributed by atoms with van der Waals surface area (Å²) in [6.07, 6.45) is 2.28. The molecule has 7 heteroatoms. The van der Waals surface area contributed by atoms with Crippen molar-refractivity contribution < 1.29 is 9.52 Å². The van der Waals surface area contributed by atoms with Crippen LogP contribution in [0.5, 0.6) is 5.75 Å². The molecule has 34 heavy (non-hydrogen) atoms. The Morgan fingerprint density at radius 2 is 1.71 bits per heavy atom. The van der Waals surface area contributed by atoms with Crippen molar-refractivity contribution >= 4 is 57.8 Å². The summed E-state index contributed by atoms with van der Waals surface area (Å²) in [5.41, 5.74) is 5.17. The summed E-state index contributed by atoms with van der Waals surface area (Å²) in [5.74, 6) is 0.528. The van der Waals surface area contributed by atoms with Crippen molar-refractivity contribution in [2.24, 2.45) is 4.99 Å². The van der Waals surface area contributed by atoms with Gasteiger partial charge in [0.2, 0.25) is 5.89 Å². The summed E-state index contributed by atoms with van der Waals surface area (Å²) in [6, 6.07) is 23.9. The first-order valence-electron chi connectivity index (χ1n) is 10.4. The van der Waals surface area contributed by atoms with Crippen LogP contribution in [0.4, 0.5) is 5.69 Å². The SMILES string of the molecule is Oc1ccc(Cc2ccccc2Cl)cc1C=Nc1ccc2oc(-c3cccc(Cl)c3Cl)nc2c1. The molecule has 5 aromatic rings. The summed E-state index contributed by atoms with van der Waals surface area (Å²) in [6.45, 7) is 0. The van der Waals surface area contributed by atoms with Crippen LogP contribution >= 0.6 is 34.8 Å². The Hall–Kier alpha value is -3.31. The van der Waals surface area contributed by atoms with Crippen LogP contribution in [-0.4, -0.2) is 16.3 Å². The smallest absolute Gasteiger partial charge is 0.228 e. The van der Waals surface area contributed by atoms with Crippen LogP contribution in [0.2, 0.25) is 15.1 Å². The Kier molecular flexibility index (Phi) is 6.29. The first-order valence-corrected chi connectivity index (χ1v) is 11.6. The van der Waals surface area contributed by atoms with Crippen LogP contribution in [-0.2, 0) is 6.42 Å². The van der Waals surface area contributed by atoms with Gasteiger partial charge in [0.05, 0.1) is 21.3 Å². The number of fused-ring (bicyclic) bond motifs is 1. The molecule has 0 amide bonds. The zero-order valence-electron chi connectivity index (χ0n) is 17.7. The van der Waals surface area contributed by atoms with Gasteiger partial charge in [0, 0.05) is 16.8 Å². The maximum Gasteiger partial charge on any atom is 0.228 e. The van der Waals surface area contributed by atoms with Gasteiger partial charge in [-0.25, -0.2) is 4.98 Å².